The minimum atomic E-state index is -0.909. The normalized spacial score (nSPS) is 19.7. The number of carbonyl (C=O) groups excluding carboxylic acids is 3. The van der Waals surface area contributed by atoms with Crippen LogP contribution < -0.4 is 20.1 Å². The van der Waals surface area contributed by atoms with E-state index in [-0.39, 0.29) is 31.3 Å². The van der Waals surface area contributed by atoms with Crippen LogP contribution >= 0.6 is 0 Å². The number of fused-ring (bicyclic) bond motifs is 1. The molecule has 1 saturated carbocycles. The number of aliphatic hydroxyl groups excluding tert-OH is 1. The van der Waals surface area contributed by atoms with E-state index in [1.54, 1.807) is 25.3 Å². The number of carbonyl (C=O) groups is 3. The maximum absolute atomic E-state index is 13.4. The molecular formula is C31H35FN4O6. The van der Waals surface area contributed by atoms with Gasteiger partial charge in [0.1, 0.15) is 29.1 Å². The van der Waals surface area contributed by atoms with Crippen molar-refractivity contribution in [3.63, 3.8) is 0 Å². The SMILES string of the molecule is COc1ccc([C@@H](C)NC(=O)[C@@H]2C[C@@H](O)CN2C(=O)CNC(=O)c2ccc3cc(F)ccc3n2)c(O[C@H](C)C2CC2)c1. The molecule has 3 N–H and O–H groups in total. The Labute approximate surface area is 243 Å². The molecule has 1 aromatic heterocycles. The lowest BCUT2D eigenvalue weighted by atomic mass is 10.1. The molecule has 0 spiro atoms. The number of aliphatic hydroxyl groups is 1. The zero-order chi connectivity index (χ0) is 30.0. The van der Waals surface area contributed by atoms with Crippen LogP contribution in [-0.4, -0.2) is 71.2 Å². The van der Waals surface area contributed by atoms with Gasteiger partial charge in [-0.2, -0.15) is 0 Å². The zero-order valence-corrected chi connectivity index (χ0v) is 23.8. The molecule has 222 valence electrons. The summed E-state index contributed by atoms with van der Waals surface area (Å²) in [6, 6.07) is 11.1. The van der Waals surface area contributed by atoms with Gasteiger partial charge in [-0.3, -0.25) is 14.4 Å². The first-order valence-corrected chi connectivity index (χ1v) is 14.1. The average Bonchev–Trinajstić information content (AvgIpc) is 3.76. The monoisotopic (exact) mass is 578 g/mol. The van der Waals surface area contributed by atoms with Gasteiger partial charge in [0.25, 0.3) is 5.91 Å². The topological polar surface area (TPSA) is 130 Å². The Morgan fingerprint density at radius 1 is 1.12 bits per heavy atom. The van der Waals surface area contributed by atoms with Crippen molar-refractivity contribution in [2.75, 3.05) is 20.2 Å². The molecule has 0 bridgehead atoms. The smallest absolute Gasteiger partial charge is 0.270 e. The molecule has 4 atom stereocenters. The van der Waals surface area contributed by atoms with E-state index in [2.05, 4.69) is 15.6 Å². The van der Waals surface area contributed by atoms with E-state index in [1.807, 2.05) is 19.9 Å². The number of hydrogen-bond acceptors (Lipinski definition) is 7. The number of amides is 3. The van der Waals surface area contributed by atoms with Gasteiger partial charge in [-0.1, -0.05) is 6.07 Å². The number of hydrogen-bond donors (Lipinski definition) is 3. The lowest BCUT2D eigenvalue weighted by Gasteiger charge is -2.26. The van der Waals surface area contributed by atoms with E-state index in [9.17, 15) is 23.9 Å². The number of benzene rings is 2. The van der Waals surface area contributed by atoms with E-state index in [4.69, 9.17) is 9.47 Å². The molecule has 1 aliphatic carbocycles. The number of β-amino-alcohol motifs (C(OH)–C–C–N with tert-alkyl or cyclic N) is 1. The largest absolute Gasteiger partial charge is 0.497 e. The van der Waals surface area contributed by atoms with Gasteiger partial charge in [-0.15, -0.1) is 0 Å². The summed E-state index contributed by atoms with van der Waals surface area (Å²) in [6.45, 7) is 3.45. The Hall–Kier alpha value is -4.25. The number of methoxy groups -OCH3 is 1. The minimum Gasteiger partial charge on any atom is -0.497 e. The minimum absolute atomic E-state index is 0.0277. The van der Waals surface area contributed by atoms with Gasteiger partial charge < -0.3 is 30.1 Å². The molecule has 3 aromatic rings. The molecule has 11 heteroatoms. The first kappa shape index (κ1) is 29.2. The Balaban J connectivity index is 1.22. The van der Waals surface area contributed by atoms with Crippen LogP contribution in [0, 0.1) is 11.7 Å². The highest BCUT2D eigenvalue weighted by molar-refractivity contribution is 5.97. The molecule has 1 aliphatic heterocycles. The molecular weight excluding hydrogens is 543 g/mol. The Morgan fingerprint density at radius 2 is 1.90 bits per heavy atom. The number of nitrogens with one attached hydrogen (secondary N) is 2. The fourth-order valence-corrected chi connectivity index (χ4v) is 5.26. The highest BCUT2D eigenvalue weighted by Crippen LogP contribution is 2.37. The molecule has 0 radical (unpaired) electrons. The van der Waals surface area contributed by atoms with Crippen molar-refractivity contribution < 1.29 is 33.4 Å². The van der Waals surface area contributed by atoms with Gasteiger partial charge in [-0.25, -0.2) is 9.37 Å². The summed E-state index contributed by atoms with van der Waals surface area (Å²) in [6.07, 6.45) is 1.48. The maximum Gasteiger partial charge on any atom is 0.270 e. The molecule has 42 heavy (non-hydrogen) atoms. The Kier molecular flexibility index (Phi) is 8.58. The highest BCUT2D eigenvalue weighted by Gasteiger charge is 2.39. The van der Waals surface area contributed by atoms with E-state index in [1.165, 1.54) is 29.2 Å². The summed E-state index contributed by atoms with van der Waals surface area (Å²) in [5.41, 5.74) is 1.28. The number of rotatable bonds is 10. The highest BCUT2D eigenvalue weighted by atomic mass is 19.1. The summed E-state index contributed by atoms with van der Waals surface area (Å²) >= 11 is 0. The number of nitrogens with zero attached hydrogens (tertiary/aromatic N) is 2. The van der Waals surface area contributed by atoms with Crippen LogP contribution in [0.3, 0.4) is 0 Å². The quantitative estimate of drug-likeness (QED) is 0.337. The van der Waals surface area contributed by atoms with Gasteiger partial charge in [0.2, 0.25) is 11.8 Å². The third-order valence-electron chi connectivity index (χ3n) is 7.83. The molecule has 2 aromatic carbocycles. The van der Waals surface area contributed by atoms with Crippen LogP contribution in [0.25, 0.3) is 10.9 Å². The van der Waals surface area contributed by atoms with E-state index in [0.717, 1.165) is 18.4 Å². The van der Waals surface area contributed by atoms with Crippen LogP contribution in [0.1, 0.15) is 55.2 Å². The third kappa shape index (κ3) is 6.62. The van der Waals surface area contributed by atoms with Crippen molar-refractivity contribution in [1.29, 1.82) is 0 Å². The van der Waals surface area contributed by atoms with Gasteiger partial charge >= 0.3 is 0 Å². The lowest BCUT2D eigenvalue weighted by Crippen LogP contribution is -2.49. The van der Waals surface area contributed by atoms with E-state index in [0.29, 0.717) is 28.3 Å². The van der Waals surface area contributed by atoms with Crippen LogP contribution in [-0.2, 0) is 9.59 Å². The molecule has 0 unspecified atom stereocenters. The van der Waals surface area contributed by atoms with Gasteiger partial charge in [0.05, 0.1) is 37.4 Å². The van der Waals surface area contributed by atoms with Crippen molar-refractivity contribution in [2.45, 2.75) is 57.4 Å². The Bertz CT molecular complexity index is 1500. The fourth-order valence-electron chi connectivity index (χ4n) is 5.26. The molecule has 1 saturated heterocycles. The van der Waals surface area contributed by atoms with E-state index < -0.39 is 41.7 Å². The standard InChI is InChI=1S/C31H35FN4O6/c1-17(24-9-8-23(41-3)14-28(24)42-18(2)19-4-5-19)34-31(40)27-13-22(37)16-36(27)29(38)15-33-30(39)26-10-6-20-12-21(32)7-11-25(20)35-26/h6-12,14,17-19,22,27,37H,4-5,13,15-16H2,1-3H3,(H,33,39)(H,34,40)/t17-,18-,22-,27+/m1/s1. The average molecular weight is 579 g/mol. The summed E-state index contributed by atoms with van der Waals surface area (Å²) in [5, 5.41) is 16.4. The first-order valence-electron chi connectivity index (χ1n) is 14.1. The maximum atomic E-state index is 13.4. The Morgan fingerprint density at radius 3 is 2.64 bits per heavy atom. The molecule has 5 rings (SSSR count). The summed E-state index contributed by atoms with van der Waals surface area (Å²) < 4.78 is 25.0. The van der Waals surface area contributed by atoms with E-state index >= 15 is 0 Å². The van der Waals surface area contributed by atoms with Gasteiger partial charge in [0.15, 0.2) is 0 Å². The second-order valence-electron chi connectivity index (χ2n) is 11.0. The number of halogens is 1. The van der Waals surface area contributed by atoms with Gasteiger partial charge in [-0.05, 0) is 69.0 Å². The van der Waals surface area contributed by atoms with Crippen LogP contribution in [0.5, 0.6) is 11.5 Å². The number of likely N-dealkylation sites (tertiary alicyclic amines) is 1. The fraction of sp³-hybridized carbons (Fsp3) is 0.419. The second kappa shape index (κ2) is 12.3. The number of aromatic nitrogens is 1. The molecule has 3 amide bonds. The van der Waals surface area contributed by atoms with Crippen molar-refractivity contribution in [1.82, 2.24) is 20.5 Å². The molecule has 2 heterocycles. The lowest BCUT2D eigenvalue weighted by molar-refractivity contribution is -0.138. The van der Waals surface area contributed by atoms with Crippen LogP contribution in [0.4, 0.5) is 4.39 Å². The second-order valence-corrected chi connectivity index (χ2v) is 11.0. The molecule has 2 aliphatic rings. The summed E-state index contributed by atoms with van der Waals surface area (Å²) in [7, 11) is 1.58. The number of pyridine rings is 1. The zero-order valence-electron chi connectivity index (χ0n) is 23.8. The van der Waals surface area contributed by atoms with Crippen LogP contribution in [0.2, 0.25) is 0 Å². The summed E-state index contributed by atoms with van der Waals surface area (Å²) in [4.78, 5) is 44.7. The van der Waals surface area contributed by atoms with Crippen molar-refractivity contribution in [2.24, 2.45) is 5.92 Å². The van der Waals surface area contributed by atoms with Crippen LogP contribution in [0.15, 0.2) is 48.5 Å². The molecule has 10 nitrogen and oxygen atoms in total. The predicted molar refractivity (Wildman–Crippen MR) is 153 cm³/mol. The summed E-state index contributed by atoms with van der Waals surface area (Å²) in [5.74, 6) is -0.154. The predicted octanol–water partition coefficient (Wildman–Crippen LogP) is 3.13. The van der Waals surface area contributed by atoms with Gasteiger partial charge in [0, 0.05) is 30.0 Å². The first-order chi connectivity index (χ1) is 20.1. The van der Waals surface area contributed by atoms with Crippen molar-refractivity contribution in [3.8, 4) is 11.5 Å². The third-order valence-corrected chi connectivity index (χ3v) is 7.83. The van der Waals surface area contributed by atoms with Crippen molar-refractivity contribution in [3.05, 3.63) is 65.6 Å². The van der Waals surface area contributed by atoms with Crippen molar-refractivity contribution >= 4 is 28.6 Å². The number of ether oxygens (including phenoxy) is 2. The molecule has 2 fully saturated rings.